The summed E-state index contributed by atoms with van der Waals surface area (Å²) < 4.78 is 17.7. The van der Waals surface area contributed by atoms with Crippen LogP contribution in [-0.4, -0.2) is 49.5 Å². The van der Waals surface area contributed by atoms with Gasteiger partial charge in [-0.1, -0.05) is 25.1 Å². The molecule has 3 aliphatic heterocycles. The zero-order valence-electron chi connectivity index (χ0n) is 18.6. The zero-order valence-corrected chi connectivity index (χ0v) is 18.6. The highest BCUT2D eigenvalue weighted by molar-refractivity contribution is 5.70. The minimum absolute atomic E-state index is 0.130. The van der Waals surface area contributed by atoms with E-state index >= 15 is 0 Å². The molecular weight excluding hydrogens is 390 g/mol. The number of hydrazine groups is 1. The maximum Gasteiger partial charge on any atom is 0.182 e. The SMILES string of the molecule is CCCN1CCC2(CC1)Oc1ccccc1[C@@H]1C=C(c3ccc(OC)c(OC)c3)NN12. The molecule has 5 rings (SSSR count). The molecule has 2 aromatic rings. The average Bonchev–Trinajstić information content (AvgIpc) is 3.27. The lowest BCUT2D eigenvalue weighted by Crippen LogP contribution is -2.63. The molecule has 31 heavy (non-hydrogen) atoms. The van der Waals surface area contributed by atoms with E-state index in [4.69, 9.17) is 14.2 Å². The van der Waals surface area contributed by atoms with Gasteiger partial charge < -0.3 is 24.5 Å². The molecule has 0 saturated carbocycles. The van der Waals surface area contributed by atoms with E-state index in [1.165, 1.54) is 12.0 Å². The first-order valence-electron chi connectivity index (χ1n) is 11.2. The number of para-hydroxylation sites is 1. The summed E-state index contributed by atoms with van der Waals surface area (Å²) in [4.78, 5) is 2.54. The Kier molecular flexibility index (Phi) is 5.28. The second-order valence-electron chi connectivity index (χ2n) is 8.50. The van der Waals surface area contributed by atoms with E-state index in [9.17, 15) is 0 Å². The maximum absolute atomic E-state index is 6.73. The molecule has 0 radical (unpaired) electrons. The average molecular weight is 422 g/mol. The fourth-order valence-electron chi connectivity index (χ4n) is 5.07. The standard InChI is InChI=1S/C25H31N3O3/c1-4-13-27-14-11-25(12-15-27)28-21(19-7-5-6-8-22(19)31-25)17-20(26-28)18-9-10-23(29-2)24(16-18)30-3/h5-10,16-17,21,26H,4,11-15H2,1-3H3/t21-/m0/s1. The number of benzene rings is 2. The van der Waals surface area contributed by atoms with Crippen LogP contribution in [0.4, 0.5) is 0 Å². The summed E-state index contributed by atoms with van der Waals surface area (Å²) in [6, 6.07) is 14.6. The summed E-state index contributed by atoms with van der Waals surface area (Å²) in [6.07, 6.45) is 5.44. The number of hydrogen-bond acceptors (Lipinski definition) is 6. The Balaban J connectivity index is 1.49. The van der Waals surface area contributed by atoms with Crippen LogP contribution in [0.2, 0.25) is 0 Å². The largest absolute Gasteiger partial charge is 0.493 e. The fourth-order valence-corrected chi connectivity index (χ4v) is 5.07. The molecule has 1 atom stereocenters. The fraction of sp³-hybridized carbons (Fsp3) is 0.440. The van der Waals surface area contributed by atoms with Crippen molar-refractivity contribution in [3.63, 3.8) is 0 Å². The number of piperidine rings is 1. The van der Waals surface area contributed by atoms with E-state index in [2.05, 4.69) is 58.7 Å². The molecule has 0 amide bonds. The van der Waals surface area contributed by atoms with E-state index in [1.54, 1.807) is 14.2 Å². The molecule has 0 aliphatic carbocycles. The van der Waals surface area contributed by atoms with Gasteiger partial charge in [-0.15, -0.1) is 0 Å². The first-order valence-corrected chi connectivity index (χ1v) is 11.2. The Labute approximate surface area is 184 Å². The number of nitrogens with zero attached hydrogens (tertiary/aromatic N) is 2. The van der Waals surface area contributed by atoms with Gasteiger partial charge in [0.1, 0.15) is 5.75 Å². The van der Waals surface area contributed by atoms with Crippen LogP contribution < -0.4 is 19.6 Å². The summed E-state index contributed by atoms with van der Waals surface area (Å²) in [5.74, 6) is 2.46. The van der Waals surface area contributed by atoms with Crippen molar-refractivity contribution >= 4 is 5.70 Å². The lowest BCUT2D eigenvalue weighted by Gasteiger charge is -2.51. The molecule has 3 heterocycles. The highest BCUT2D eigenvalue weighted by Crippen LogP contribution is 2.48. The Morgan fingerprint density at radius 3 is 2.58 bits per heavy atom. The predicted molar refractivity (Wildman–Crippen MR) is 121 cm³/mol. The summed E-state index contributed by atoms with van der Waals surface area (Å²) in [7, 11) is 3.33. The van der Waals surface area contributed by atoms with Gasteiger partial charge in [0.2, 0.25) is 0 Å². The summed E-state index contributed by atoms with van der Waals surface area (Å²) in [6.45, 7) is 5.49. The minimum atomic E-state index is -0.349. The molecule has 0 bridgehead atoms. The molecule has 1 N–H and O–H groups in total. The van der Waals surface area contributed by atoms with Crippen LogP contribution in [0.15, 0.2) is 48.5 Å². The van der Waals surface area contributed by atoms with E-state index in [0.29, 0.717) is 0 Å². The first-order chi connectivity index (χ1) is 15.2. The van der Waals surface area contributed by atoms with E-state index in [-0.39, 0.29) is 11.8 Å². The minimum Gasteiger partial charge on any atom is -0.493 e. The van der Waals surface area contributed by atoms with Crippen molar-refractivity contribution in [1.82, 2.24) is 15.3 Å². The summed E-state index contributed by atoms with van der Waals surface area (Å²) >= 11 is 0. The lowest BCUT2D eigenvalue weighted by molar-refractivity contribution is -0.159. The number of ether oxygens (including phenoxy) is 3. The highest BCUT2D eigenvalue weighted by atomic mass is 16.5. The molecule has 6 heteroatoms. The number of rotatable bonds is 5. The third kappa shape index (κ3) is 3.44. The van der Waals surface area contributed by atoms with Gasteiger partial charge in [-0.25, -0.2) is 0 Å². The molecule has 3 aliphatic rings. The third-order valence-corrected chi connectivity index (χ3v) is 6.69. The number of nitrogens with one attached hydrogen (secondary N) is 1. The molecule has 164 valence electrons. The third-order valence-electron chi connectivity index (χ3n) is 6.69. The molecule has 6 nitrogen and oxygen atoms in total. The Hall–Kier alpha value is -2.70. The second kappa shape index (κ2) is 8.09. The quantitative estimate of drug-likeness (QED) is 0.781. The van der Waals surface area contributed by atoms with Crippen LogP contribution >= 0.6 is 0 Å². The Bertz CT molecular complexity index is 982. The number of methoxy groups -OCH3 is 2. The van der Waals surface area contributed by atoms with Gasteiger partial charge >= 0.3 is 0 Å². The first kappa shape index (κ1) is 20.2. The Morgan fingerprint density at radius 1 is 1.06 bits per heavy atom. The van der Waals surface area contributed by atoms with Crippen LogP contribution in [0.25, 0.3) is 5.70 Å². The molecule has 0 unspecified atom stereocenters. The number of hydrogen-bond donors (Lipinski definition) is 1. The molecule has 1 spiro atoms. The van der Waals surface area contributed by atoms with Gasteiger partial charge in [-0.3, -0.25) is 0 Å². The molecule has 1 fully saturated rings. The highest BCUT2D eigenvalue weighted by Gasteiger charge is 2.51. The lowest BCUT2D eigenvalue weighted by atomic mass is 9.92. The van der Waals surface area contributed by atoms with Crippen molar-refractivity contribution in [2.45, 2.75) is 38.0 Å². The topological polar surface area (TPSA) is 46.2 Å². The van der Waals surface area contributed by atoms with Gasteiger partial charge in [-0.05, 0) is 43.3 Å². The van der Waals surface area contributed by atoms with Gasteiger partial charge in [0.15, 0.2) is 17.2 Å². The number of fused-ring (bicyclic) bond motifs is 4. The van der Waals surface area contributed by atoms with Crippen molar-refractivity contribution < 1.29 is 14.2 Å². The van der Waals surface area contributed by atoms with Crippen molar-refractivity contribution in [1.29, 1.82) is 0 Å². The van der Waals surface area contributed by atoms with Crippen LogP contribution in [0.3, 0.4) is 0 Å². The van der Waals surface area contributed by atoms with Crippen LogP contribution in [-0.2, 0) is 0 Å². The molecule has 2 aromatic carbocycles. The summed E-state index contributed by atoms with van der Waals surface area (Å²) in [5.41, 5.74) is 6.70. The van der Waals surface area contributed by atoms with E-state index in [0.717, 1.165) is 61.0 Å². The van der Waals surface area contributed by atoms with Gasteiger partial charge in [0.25, 0.3) is 0 Å². The summed E-state index contributed by atoms with van der Waals surface area (Å²) in [5, 5.41) is 2.34. The van der Waals surface area contributed by atoms with Crippen LogP contribution in [0.5, 0.6) is 17.2 Å². The predicted octanol–water partition coefficient (Wildman–Crippen LogP) is 4.20. The van der Waals surface area contributed by atoms with E-state index in [1.807, 2.05) is 12.1 Å². The van der Waals surface area contributed by atoms with Crippen molar-refractivity contribution in [2.24, 2.45) is 0 Å². The Morgan fingerprint density at radius 2 is 1.84 bits per heavy atom. The smallest absolute Gasteiger partial charge is 0.182 e. The van der Waals surface area contributed by atoms with Gasteiger partial charge in [0.05, 0.1) is 26.0 Å². The van der Waals surface area contributed by atoms with Crippen LogP contribution in [0, 0.1) is 0 Å². The van der Waals surface area contributed by atoms with Crippen LogP contribution in [0.1, 0.15) is 43.4 Å². The molecule has 1 saturated heterocycles. The van der Waals surface area contributed by atoms with Crippen molar-refractivity contribution in [3.8, 4) is 17.2 Å². The molecule has 0 aromatic heterocycles. The van der Waals surface area contributed by atoms with E-state index < -0.39 is 0 Å². The normalized spacial score (nSPS) is 22.2. The number of likely N-dealkylation sites (tertiary alicyclic amines) is 1. The molecular formula is C25H31N3O3. The monoisotopic (exact) mass is 421 g/mol. The zero-order chi connectivity index (χ0) is 21.4. The van der Waals surface area contributed by atoms with Crippen molar-refractivity contribution in [3.05, 3.63) is 59.7 Å². The maximum atomic E-state index is 6.73. The van der Waals surface area contributed by atoms with Gasteiger partial charge in [-0.2, -0.15) is 5.01 Å². The second-order valence-corrected chi connectivity index (χ2v) is 8.50. The van der Waals surface area contributed by atoms with Gasteiger partial charge in [0, 0.05) is 37.1 Å². The van der Waals surface area contributed by atoms with Crippen molar-refractivity contribution in [2.75, 3.05) is 33.9 Å².